The molecule has 1 atom stereocenters. The number of rotatable bonds is 3. The van der Waals surface area contributed by atoms with Gasteiger partial charge in [-0.2, -0.15) is 0 Å². The first kappa shape index (κ1) is 12.2. The first-order valence-corrected chi connectivity index (χ1v) is 4.69. The molecule has 16 heavy (non-hydrogen) atoms. The molecule has 0 aliphatic heterocycles. The Balaban J connectivity index is 2.46. The van der Waals surface area contributed by atoms with Crippen LogP contribution < -0.4 is 0 Å². The van der Waals surface area contributed by atoms with Gasteiger partial charge in [-0.05, 0) is 0 Å². The van der Waals surface area contributed by atoms with Crippen molar-refractivity contribution in [3.8, 4) is 0 Å². The number of carbonyl (C=O) groups excluding carboxylic acids is 3. The zero-order chi connectivity index (χ0) is 12.1. The highest BCUT2D eigenvalue weighted by Crippen LogP contribution is 2.22. The molecule has 0 spiro atoms. The van der Waals surface area contributed by atoms with E-state index in [4.69, 9.17) is 4.74 Å². The van der Waals surface area contributed by atoms with Gasteiger partial charge in [0.1, 0.15) is 0 Å². The van der Waals surface area contributed by atoms with Crippen molar-refractivity contribution in [2.24, 2.45) is 0 Å². The lowest BCUT2D eigenvalue weighted by molar-refractivity contribution is -0.148. The summed E-state index contributed by atoms with van der Waals surface area (Å²) in [6.45, 7) is 3.65. The lowest BCUT2D eigenvalue weighted by Gasteiger charge is -2.07. The van der Waals surface area contributed by atoms with Crippen molar-refractivity contribution in [1.29, 1.82) is 0 Å². The second kappa shape index (κ2) is 5.25. The highest BCUT2D eigenvalue weighted by Gasteiger charge is 2.29. The molecule has 5 nitrogen and oxygen atoms in total. The molecule has 0 amide bonds. The van der Waals surface area contributed by atoms with E-state index in [1.165, 1.54) is 7.11 Å². The maximum Gasteiger partial charge on any atom is 0.331 e. The molecule has 1 aliphatic carbocycles. The van der Waals surface area contributed by atoms with Crippen LogP contribution in [0.25, 0.3) is 0 Å². The summed E-state index contributed by atoms with van der Waals surface area (Å²) in [7, 11) is 1.20. The predicted octanol–water partition coefficient (Wildman–Crippen LogP) is 0.546. The highest BCUT2D eigenvalue weighted by atomic mass is 16.5. The second-order valence-corrected chi connectivity index (χ2v) is 3.38. The lowest BCUT2D eigenvalue weighted by Crippen LogP contribution is -2.20. The molecule has 0 radical (unpaired) electrons. The summed E-state index contributed by atoms with van der Waals surface area (Å²) in [5.74, 6) is -1.55. The lowest BCUT2D eigenvalue weighted by atomic mass is 10.3. The molecule has 0 bridgehead atoms. The number of methoxy groups -OCH3 is 1. The Bertz CT molecular complexity index is 367. The molecule has 0 aromatic carbocycles. The summed E-state index contributed by atoms with van der Waals surface area (Å²) in [4.78, 5) is 33.1. The van der Waals surface area contributed by atoms with E-state index in [1.54, 1.807) is 0 Å². The van der Waals surface area contributed by atoms with E-state index in [0.29, 0.717) is 6.42 Å². The number of ketones is 1. The van der Waals surface area contributed by atoms with Crippen LogP contribution >= 0.6 is 0 Å². The van der Waals surface area contributed by atoms with Crippen molar-refractivity contribution in [2.45, 2.75) is 18.9 Å². The predicted molar refractivity (Wildman–Crippen MR) is 54.4 cm³/mol. The maximum absolute atomic E-state index is 11.3. The fraction of sp³-hybridized carbons (Fsp3) is 0.364. The summed E-state index contributed by atoms with van der Waals surface area (Å²) in [5.41, 5.74) is 0.750. The van der Waals surface area contributed by atoms with Crippen molar-refractivity contribution < 1.29 is 23.9 Å². The van der Waals surface area contributed by atoms with Crippen LogP contribution in [0.3, 0.4) is 0 Å². The standard InChI is InChI=1S/C11H12O5/c1-7-5-8(12)9(6-7)16-11(14)4-3-10(13)15-2/h3-4,9H,1,5-6H2,2H3/b4-3+/t9-/m0/s1. The fourth-order valence-electron chi connectivity index (χ4n) is 1.30. The van der Waals surface area contributed by atoms with E-state index >= 15 is 0 Å². The number of hydrogen-bond donors (Lipinski definition) is 0. The summed E-state index contributed by atoms with van der Waals surface area (Å²) < 4.78 is 9.14. The van der Waals surface area contributed by atoms with Crippen molar-refractivity contribution in [2.75, 3.05) is 7.11 Å². The average molecular weight is 224 g/mol. The van der Waals surface area contributed by atoms with Crippen LogP contribution in [0.15, 0.2) is 24.3 Å². The summed E-state index contributed by atoms with van der Waals surface area (Å²) in [5, 5.41) is 0. The van der Waals surface area contributed by atoms with Crippen LogP contribution in [-0.2, 0) is 23.9 Å². The SMILES string of the molecule is C=C1CC(=O)[C@@H](OC(=O)/C=C/C(=O)OC)C1. The van der Waals surface area contributed by atoms with Crippen molar-refractivity contribution in [1.82, 2.24) is 0 Å². The zero-order valence-corrected chi connectivity index (χ0v) is 8.89. The Morgan fingerprint density at radius 1 is 1.38 bits per heavy atom. The minimum Gasteiger partial charge on any atom is -0.466 e. The summed E-state index contributed by atoms with van der Waals surface area (Å²) in [6.07, 6.45) is 1.72. The molecular weight excluding hydrogens is 212 g/mol. The van der Waals surface area contributed by atoms with E-state index in [1.807, 2.05) is 0 Å². The van der Waals surface area contributed by atoms with Gasteiger partial charge in [-0.15, -0.1) is 0 Å². The van der Waals surface area contributed by atoms with E-state index < -0.39 is 18.0 Å². The Morgan fingerprint density at radius 3 is 2.50 bits per heavy atom. The van der Waals surface area contributed by atoms with Gasteiger partial charge in [0.05, 0.1) is 7.11 Å². The van der Waals surface area contributed by atoms with Crippen LogP contribution in [0.2, 0.25) is 0 Å². The van der Waals surface area contributed by atoms with Gasteiger partial charge in [0.25, 0.3) is 0 Å². The first-order chi connectivity index (χ1) is 7.52. The Hall–Kier alpha value is -1.91. The summed E-state index contributed by atoms with van der Waals surface area (Å²) in [6, 6.07) is 0. The minimum absolute atomic E-state index is 0.162. The monoisotopic (exact) mass is 224 g/mol. The highest BCUT2D eigenvalue weighted by molar-refractivity contribution is 5.94. The molecule has 1 saturated carbocycles. The van der Waals surface area contributed by atoms with Crippen LogP contribution in [0.4, 0.5) is 0 Å². The van der Waals surface area contributed by atoms with E-state index in [9.17, 15) is 14.4 Å². The molecule has 1 aliphatic rings. The molecule has 0 heterocycles. The molecule has 0 aromatic rings. The molecule has 5 heteroatoms. The Labute approximate surface area is 92.7 Å². The average Bonchev–Trinajstić information content (AvgIpc) is 2.54. The molecule has 0 N–H and O–H groups in total. The Kier molecular flexibility index (Phi) is 3.99. The number of hydrogen-bond acceptors (Lipinski definition) is 5. The second-order valence-electron chi connectivity index (χ2n) is 3.38. The molecule has 1 rings (SSSR count). The van der Waals surface area contributed by atoms with Crippen LogP contribution in [0.5, 0.6) is 0 Å². The molecule has 0 unspecified atom stereocenters. The molecule has 1 fully saturated rings. The van der Waals surface area contributed by atoms with Gasteiger partial charge in [0.15, 0.2) is 11.9 Å². The minimum atomic E-state index is -0.762. The normalized spacial score (nSPS) is 20.2. The van der Waals surface area contributed by atoms with E-state index in [0.717, 1.165) is 17.7 Å². The van der Waals surface area contributed by atoms with Gasteiger partial charge >= 0.3 is 11.9 Å². The third-order valence-corrected chi connectivity index (χ3v) is 2.07. The van der Waals surface area contributed by atoms with E-state index in [-0.39, 0.29) is 12.2 Å². The third kappa shape index (κ3) is 3.34. The van der Waals surface area contributed by atoms with Gasteiger partial charge in [-0.1, -0.05) is 12.2 Å². The Morgan fingerprint density at radius 2 is 2.00 bits per heavy atom. The first-order valence-electron chi connectivity index (χ1n) is 4.69. The maximum atomic E-state index is 11.3. The topological polar surface area (TPSA) is 69.7 Å². The quantitative estimate of drug-likeness (QED) is 0.397. The summed E-state index contributed by atoms with van der Waals surface area (Å²) >= 11 is 0. The number of esters is 2. The molecular formula is C11H12O5. The number of ether oxygens (including phenoxy) is 2. The van der Waals surface area contributed by atoms with Crippen LogP contribution in [0, 0.1) is 0 Å². The smallest absolute Gasteiger partial charge is 0.331 e. The largest absolute Gasteiger partial charge is 0.466 e. The van der Waals surface area contributed by atoms with Crippen LogP contribution in [0.1, 0.15) is 12.8 Å². The fourth-order valence-corrected chi connectivity index (χ4v) is 1.30. The van der Waals surface area contributed by atoms with Gasteiger partial charge in [-0.25, -0.2) is 9.59 Å². The van der Waals surface area contributed by atoms with E-state index in [2.05, 4.69) is 11.3 Å². The molecule has 0 aromatic heterocycles. The molecule has 86 valence electrons. The van der Waals surface area contributed by atoms with Crippen LogP contribution in [-0.4, -0.2) is 30.9 Å². The van der Waals surface area contributed by atoms with Gasteiger partial charge in [-0.3, -0.25) is 4.79 Å². The third-order valence-electron chi connectivity index (χ3n) is 2.07. The van der Waals surface area contributed by atoms with Gasteiger partial charge < -0.3 is 9.47 Å². The number of carbonyl (C=O) groups is 3. The van der Waals surface area contributed by atoms with Crippen molar-refractivity contribution in [3.63, 3.8) is 0 Å². The van der Waals surface area contributed by atoms with Gasteiger partial charge in [0, 0.05) is 25.0 Å². The van der Waals surface area contributed by atoms with Gasteiger partial charge in [0.2, 0.25) is 0 Å². The molecule has 0 saturated heterocycles. The van der Waals surface area contributed by atoms with Crippen molar-refractivity contribution in [3.05, 3.63) is 24.3 Å². The van der Waals surface area contributed by atoms with Crippen molar-refractivity contribution >= 4 is 17.7 Å². The number of Topliss-reactive ketones (excluding diaryl/α,β-unsaturated/α-hetero) is 1. The zero-order valence-electron chi connectivity index (χ0n) is 8.89.